The molecule has 0 N–H and O–H groups in total. The fourth-order valence-corrected chi connectivity index (χ4v) is 4.10. The zero-order valence-electron chi connectivity index (χ0n) is 20.2. The van der Waals surface area contributed by atoms with E-state index in [2.05, 4.69) is 56.0 Å². The highest BCUT2D eigenvalue weighted by Crippen LogP contribution is 2.37. The summed E-state index contributed by atoms with van der Waals surface area (Å²) < 4.78 is 17.1. The number of carbonyl (C=O) groups excluding carboxylic acids is 1. The van der Waals surface area contributed by atoms with Gasteiger partial charge in [0.2, 0.25) is 0 Å². The minimum absolute atomic E-state index is 0.318. The summed E-state index contributed by atoms with van der Waals surface area (Å²) in [7, 11) is 1.74. The number of unbranched alkanes of at least 4 members (excludes halogenated alkanes) is 2. The molecule has 0 aliphatic heterocycles. The molecule has 2 aromatic rings. The highest BCUT2D eigenvalue weighted by atomic mass is 16.5. The molecular weight excluding hydrogens is 412 g/mol. The van der Waals surface area contributed by atoms with Gasteiger partial charge in [-0.3, -0.25) is 0 Å². The largest absolute Gasteiger partial charge is 0.496 e. The number of carbonyl (C=O) groups is 1. The average molecular weight is 449 g/mol. The molecule has 3 rings (SSSR count). The van der Waals surface area contributed by atoms with E-state index in [-0.39, 0.29) is 5.97 Å². The van der Waals surface area contributed by atoms with Gasteiger partial charge in [-0.1, -0.05) is 31.7 Å². The summed E-state index contributed by atoms with van der Waals surface area (Å²) >= 11 is 0. The maximum absolute atomic E-state index is 11.4. The molecule has 1 aliphatic rings. The summed E-state index contributed by atoms with van der Waals surface area (Å²) in [6.07, 6.45) is 9.14. The number of fused-ring (bicyclic) bond motifs is 1. The minimum Gasteiger partial charge on any atom is -0.496 e. The lowest BCUT2D eigenvalue weighted by Crippen LogP contribution is -2.06. The molecule has 33 heavy (non-hydrogen) atoms. The minimum atomic E-state index is -0.318. The molecule has 0 unspecified atom stereocenters. The topological polar surface area (TPSA) is 44.8 Å². The Kier molecular flexibility index (Phi) is 9.17. The highest BCUT2D eigenvalue weighted by molar-refractivity contribution is 5.87. The van der Waals surface area contributed by atoms with Crippen LogP contribution in [0.3, 0.4) is 0 Å². The van der Waals surface area contributed by atoms with Gasteiger partial charge in [0.1, 0.15) is 11.5 Å². The van der Waals surface area contributed by atoms with Crippen molar-refractivity contribution in [2.45, 2.75) is 58.8 Å². The first-order chi connectivity index (χ1) is 16.0. The summed E-state index contributed by atoms with van der Waals surface area (Å²) in [6, 6.07) is 12.8. The molecule has 0 spiro atoms. The van der Waals surface area contributed by atoms with Crippen LogP contribution in [0.4, 0.5) is 0 Å². The number of hydrogen-bond donors (Lipinski definition) is 0. The van der Waals surface area contributed by atoms with Crippen LogP contribution in [0.1, 0.15) is 68.2 Å². The molecule has 4 heteroatoms. The van der Waals surface area contributed by atoms with Crippen molar-refractivity contribution in [3.8, 4) is 11.5 Å². The van der Waals surface area contributed by atoms with Crippen LogP contribution in [0, 0.1) is 0 Å². The van der Waals surface area contributed by atoms with Crippen LogP contribution in [0.2, 0.25) is 0 Å². The van der Waals surface area contributed by atoms with E-state index in [0.717, 1.165) is 56.4 Å². The Hall–Kier alpha value is -3.01. The molecule has 0 amide bonds. The second-order valence-corrected chi connectivity index (χ2v) is 8.57. The summed E-state index contributed by atoms with van der Waals surface area (Å²) in [5.41, 5.74) is 6.76. The van der Waals surface area contributed by atoms with Crippen molar-refractivity contribution in [3.05, 3.63) is 70.8 Å². The van der Waals surface area contributed by atoms with Gasteiger partial charge < -0.3 is 14.2 Å². The molecule has 0 aromatic heterocycles. The first kappa shape index (κ1) is 24.6. The van der Waals surface area contributed by atoms with Gasteiger partial charge in [0.05, 0.1) is 20.3 Å². The van der Waals surface area contributed by atoms with Crippen molar-refractivity contribution >= 4 is 17.6 Å². The predicted molar refractivity (Wildman–Crippen MR) is 135 cm³/mol. The second kappa shape index (κ2) is 12.3. The molecule has 0 saturated heterocycles. The Morgan fingerprint density at radius 3 is 2.61 bits per heavy atom. The summed E-state index contributed by atoms with van der Waals surface area (Å²) in [6.45, 7) is 8.51. The SMILES string of the molecule is C=C(C)C(=O)OCCCCCOc1cccc2c1C=C(c1cc(CC)ccc1OC)CCC2. The number of hydrogen-bond acceptors (Lipinski definition) is 4. The molecule has 1 aliphatic carbocycles. The molecule has 176 valence electrons. The monoisotopic (exact) mass is 448 g/mol. The molecule has 0 heterocycles. The quantitative estimate of drug-likeness (QED) is 0.215. The van der Waals surface area contributed by atoms with Crippen LogP contribution < -0.4 is 9.47 Å². The number of esters is 1. The predicted octanol–water partition coefficient (Wildman–Crippen LogP) is 6.80. The van der Waals surface area contributed by atoms with Crippen LogP contribution in [-0.4, -0.2) is 26.3 Å². The van der Waals surface area contributed by atoms with Crippen molar-refractivity contribution in [1.82, 2.24) is 0 Å². The fourth-order valence-electron chi connectivity index (χ4n) is 4.10. The Bertz CT molecular complexity index is 1000. The van der Waals surface area contributed by atoms with Gasteiger partial charge in [0.15, 0.2) is 0 Å². The lowest BCUT2D eigenvalue weighted by molar-refractivity contribution is -0.139. The summed E-state index contributed by atoms with van der Waals surface area (Å²) in [5.74, 6) is 1.54. The van der Waals surface area contributed by atoms with E-state index in [4.69, 9.17) is 14.2 Å². The Morgan fingerprint density at radius 1 is 1.03 bits per heavy atom. The highest BCUT2D eigenvalue weighted by Gasteiger charge is 2.17. The van der Waals surface area contributed by atoms with Crippen LogP contribution in [-0.2, 0) is 22.4 Å². The summed E-state index contributed by atoms with van der Waals surface area (Å²) in [5, 5.41) is 0. The Labute approximate surface area is 198 Å². The van der Waals surface area contributed by atoms with Crippen LogP contribution >= 0.6 is 0 Å². The summed E-state index contributed by atoms with van der Waals surface area (Å²) in [4.78, 5) is 11.4. The van der Waals surface area contributed by atoms with Gasteiger partial charge in [-0.15, -0.1) is 0 Å². The van der Waals surface area contributed by atoms with Gasteiger partial charge in [-0.2, -0.15) is 0 Å². The Morgan fingerprint density at radius 2 is 1.85 bits per heavy atom. The van der Waals surface area contributed by atoms with Gasteiger partial charge >= 0.3 is 5.97 Å². The maximum Gasteiger partial charge on any atom is 0.333 e. The van der Waals surface area contributed by atoms with Gasteiger partial charge in [0, 0.05) is 16.7 Å². The Balaban J connectivity index is 1.68. The van der Waals surface area contributed by atoms with Crippen LogP contribution in [0.5, 0.6) is 11.5 Å². The van der Waals surface area contributed by atoms with Gasteiger partial charge in [-0.05, 0) is 92.8 Å². The third-order valence-electron chi connectivity index (χ3n) is 6.01. The van der Waals surface area contributed by atoms with Crippen molar-refractivity contribution < 1.29 is 19.0 Å². The van der Waals surface area contributed by atoms with E-state index in [9.17, 15) is 4.79 Å². The van der Waals surface area contributed by atoms with Crippen LogP contribution in [0.25, 0.3) is 11.6 Å². The first-order valence-corrected chi connectivity index (χ1v) is 12.0. The standard InChI is InChI=1S/C29H36O4/c1-5-22-15-16-27(31-4)25(19-22)24-13-9-11-23-12-10-14-28(26(23)20-24)32-17-7-6-8-18-33-29(30)21(2)3/h10,12,14-16,19-20H,2,5-9,11,13,17-18H2,1,3-4H3. The van der Waals surface area contributed by atoms with Crippen molar-refractivity contribution in [1.29, 1.82) is 0 Å². The second-order valence-electron chi connectivity index (χ2n) is 8.57. The molecule has 0 bridgehead atoms. The van der Waals surface area contributed by atoms with E-state index in [1.165, 1.54) is 27.8 Å². The zero-order valence-corrected chi connectivity index (χ0v) is 20.2. The molecule has 0 radical (unpaired) electrons. The number of ether oxygens (including phenoxy) is 3. The first-order valence-electron chi connectivity index (χ1n) is 12.0. The number of rotatable bonds is 11. The van der Waals surface area contributed by atoms with Crippen molar-refractivity contribution in [2.24, 2.45) is 0 Å². The van der Waals surface area contributed by atoms with E-state index in [0.29, 0.717) is 18.8 Å². The average Bonchev–Trinajstić information content (AvgIpc) is 3.05. The third-order valence-corrected chi connectivity index (χ3v) is 6.01. The van der Waals surface area contributed by atoms with Gasteiger partial charge in [-0.25, -0.2) is 4.79 Å². The van der Waals surface area contributed by atoms with E-state index >= 15 is 0 Å². The number of methoxy groups -OCH3 is 1. The molecule has 4 nitrogen and oxygen atoms in total. The number of benzene rings is 2. The van der Waals surface area contributed by atoms with E-state index in [1.807, 2.05) is 0 Å². The fraction of sp³-hybridized carbons (Fsp3) is 0.414. The van der Waals surface area contributed by atoms with E-state index < -0.39 is 0 Å². The molecule has 0 saturated carbocycles. The molecule has 2 aromatic carbocycles. The maximum atomic E-state index is 11.4. The smallest absolute Gasteiger partial charge is 0.333 e. The number of allylic oxidation sites excluding steroid dienone is 1. The van der Waals surface area contributed by atoms with Crippen LogP contribution in [0.15, 0.2) is 48.6 Å². The van der Waals surface area contributed by atoms with Crippen molar-refractivity contribution in [3.63, 3.8) is 0 Å². The lowest BCUT2D eigenvalue weighted by Gasteiger charge is -2.14. The normalized spacial score (nSPS) is 12.9. The molecule has 0 fully saturated rings. The molecule has 0 atom stereocenters. The van der Waals surface area contributed by atoms with Crippen molar-refractivity contribution in [2.75, 3.05) is 20.3 Å². The zero-order chi connectivity index (χ0) is 23.6. The lowest BCUT2D eigenvalue weighted by atomic mass is 9.96. The number of aryl methyl sites for hydroxylation is 2. The molecular formula is C29H36O4. The van der Waals surface area contributed by atoms with E-state index in [1.54, 1.807) is 14.0 Å². The third kappa shape index (κ3) is 6.74. The van der Waals surface area contributed by atoms with Gasteiger partial charge in [0.25, 0.3) is 0 Å².